The van der Waals surface area contributed by atoms with Gasteiger partial charge in [-0.05, 0) is 30.5 Å². The lowest BCUT2D eigenvalue weighted by Gasteiger charge is -2.34. The van der Waals surface area contributed by atoms with Crippen molar-refractivity contribution < 1.29 is 19.1 Å². The molecule has 2 aliphatic heterocycles. The highest BCUT2D eigenvalue weighted by Gasteiger charge is 2.38. The largest absolute Gasteiger partial charge is 0.381 e. The SMILES string of the molecule is Cl.NCC1(C(=O)Nc2ccc(CC(=O)N3CCOCC3)cc2)CCOCC1. The van der Waals surface area contributed by atoms with Crippen LogP contribution in [0.5, 0.6) is 0 Å². The maximum absolute atomic E-state index is 12.7. The van der Waals surface area contributed by atoms with E-state index in [1.165, 1.54) is 0 Å². The molecule has 3 rings (SSSR count). The summed E-state index contributed by atoms with van der Waals surface area (Å²) in [6.45, 7) is 3.94. The molecule has 27 heavy (non-hydrogen) atoms. The summed E-state index contributed by atoms with van der Waals surface area (Å²) in [6, 6.07) is 7.44. The van der Waals surface area contributed by atoms with Gasteiger partial charge in [-0.15, -0.1) is 12.4 Å². The van der Waals surface area contributed by atoms with Gasteiger partial charge in [0.1, 0.15) is 0 Å². The molecule has 0 unspecified atom stereocenters. The van der Waals surface area contributed by atoms with E-state index in [0.717, 1.165) is 11.3 Å². The van der Waals surface area contributed by atoms with E-state index in [0.29, 0.717) is 65.3 Å². The molecule has 2 aliphatic rings. The van der Waals surface area contributed by atoms with Crippen LogP contribution in [0.3, 0.4) is 0 Å². The highest BCUT2D eigenvalue weighted by molar-refractivity contribution is 5.95. The number of hydrogen-bond acceptors (Lipinski definition) is 5. The summed E-state index contributed by atoms with van der Waals surface area (Å²) in [5.41, 5.74) is 6.97. The molecule has 0 radical (unpaired) electrons. The summed E-state index contributed by atoms with van der Waals surface area (Å²) in [6.07, 6.45) is 1.64. The number of carbonyl (C=O) groups is 2. The monoisotopic (exact) mass is 397 g/mol. The van der Waals surface area contributed by atoms with Crippen molar-refractivity contribution in [1.82, 2.24) is 4.90 Å². The van der Waals surface area contributed by atoms with Crippen LogP contribution < -0.4 is 11.1 Å². The van der Waals surface area contributed by atoms with Crippen LogP contribution in [-0.4, -0.2) is 62.8 Å². The van der Waals surface area contributed by atoms with Crippen LogP contribution >= 0.6 is 12.4 Å². The lowest BCUT2D eigenvalue weighted by molar-refractivity contribution is -0.134. The van der Waals surface area contributed by atoms with Gasteiger partial charge in [-0.2, -0.15) is 0 Å². The number of nitrogens with one attached hydrogen (secondary N) is 1. The number of anilines is 1. The Labute approximate surface area is 166 Å². The first-order valence-corrected chi connectivity index (χ1v) is 9.17. The lowest BCUT2D eigenvalue weighted by atomic mass is 9.79. The van der Waals surface area contributed by atoms with E-state index in [1.54, 1.807) is 0 Å². The third-order valence-corrected chi connectivity index (χ3v) is 5.25. The van der Waals surface area contributed by atoms with Gasteiger partial charge in [0.15, 0.2) is 0 Å². The number of nitrogens with two attached hydrogens (primary N) is 1. The molecule has 1 aromatic carbocycles. The minimum absolute atomic E-state index is 0. The Morgan fingerprint density at radius 1 is 1.04 bits per heavy atom. The van der Waals surface area contributed by atoms with Crippen molar-refractivity contribution in [3.8, 4) is 0 Å². The molecule has 2 fully saturated rings. The molecule has 2 amide bonds. The minimum Gasteiger partial charge on any atom is -0.381 e. The number of hydrogen-bond donors (Lipinski definition) is 2. The fraction of sp³-hybridized carbons (Fsp3) is 0.579. The molecule has 150 valence electrons. The Morgan fingerprint density at radius 3 is 2.22 bits per heavy atom. The molecule has 2 saturated heterocycles. The van der Waals surface area contributed by atoms with Crippen LogP contribution in [-0.2, 0) is 25.5 Å². The number of rotatable bonds is 5. The zero-order valence-corrected chi connectivity index (χ0v) is 16.3. The second kappa shape index (κ2) is 10.0. The summed E-state index contributed by atoms with van der Waals surface area (Å²) < 4.78 is 10.6. The predicted molar refractivity (Wildman–Crippen MR) is 105 cm³/mol. The van der Waals surface area contributed by atoms with Crippen LogP contribution in [0.2, 0.25) is 0 Å². The molecule has 0 aliphatic carbocycles. The first-order valence-electron chi connectivity index (χ1n) is 9.17. The summed E-state index contributed by atoms with van der Waals surface area (Å²) in [5.74, 6) is 0.0508. The van der Waals surface area contributed by atoms with Crippen LogP contribution in [0.15, 0.2) is 24.3 Å². The second-order valence-electron chi connectivity index (χ2n) is 6.92. The fourth-order valence-electron chi connectivity index (χ4n) is 3.35. The molecule has 0 saturated carbocycles. The van der Waals surface area contributed by atoms with E-state index < -0.39 is 5.41 Å². The van der Waals surface area contributed by atoms with Gasteiger partial charge >= 0.3 is 0 Å². The zero-order valence-electron chi connectivity index (χ0n) is 15.4. The molecule has 0 spiro atoms. The smallest absolute Gasteiger partial charge is 0.232 e. The van der Waals surface area contributed by atoms with Gasteiger partial charge < -0.3 is 25.4 Å². The van der Waals surface area contributed by atoms with Crippen LogP contribution in [0.4, 0.5) is 5.69 Å². The number of amides is 2. The Balaban J connectivity index is 0.00000261. The first kappa shape index (κ1) is 21.6. The number of carbonyl (C=O) groups excluding carboxylic acids is 2. The number of ether oxygens (including phenoxy) is 2. The number of benzene rings is 1. The third kappa shape index (κ3) is 5.42. The van der Waals surface area contributed by atoms with Gasteiger partial charge in [-0.3, -0.25) is 9.59 Å². The van der Waals surface area contributed by atoms with Gasteiger partial charge in [-0.1, -0.05) is 12.1 Å². The average molecular weight is 398 g/mol. The number of morpholine rings is 1. The highest BCUT2D eigenvalue weighted by Crippen LogP contribution is 2.31. The zero-order chi connectivity index (χ0) is 18.4. The summed E-state index contributed by atoms with van der Waals surface area (Å²) >= 11 is 0. The van der Waals surface area contributed by atoms with Gasteiger partial charge in [0.05, 0.1) is 25.0 Å². The van der Waals surface area contributed by atoms with Crippen LogP contribution in [0.1, 0.15) is 18.4 Å². The van der Waals surface area contributed by atoms with Crippen molar-refractivity contribution in [3.63, 3.8) is 0 Å². The van der Waals surface area contributed by atoms with E-state index >= 15 is 0 Å². The molecule has 1 aromatic rings. The van der Waals surface area contributed by atoms with Gasteiger partial charge in [0.25, 0.3) is 0 Å². The van der Waals surface area contributed by atoms with Crippen molar-refractivity contribution in [2.45, 2.75) is 19.3 Å². The molecule has 8 heteroatoms. The lowest BCUT2D eigenvalue weighted by Crippen LogP contribution is -2.46. The topological polar surface area (TPSA) is 93.9 Å². The average Bonchev–Trinajstić information content (AvgIpc) is 2.70. The number of nitrogens with zero attached hydrogens (tertiary/aromatic N) is 1. The van der Waals surface area contributed by atoms with Crippen molar-refractivity contribution in [2.75, 3.05) is 51.4 Å². The van der Waals surface area contributed by atoms with E-state index in [-0.39, 0.29) is 24.2 Å². The predicted octanol–water partition coefficient (Wildman–Crippen LogP) is 1.20. The Kier molecular flexibility index (Phi) is 8.04. The van der Waals surface area contributed by atoms with Crippen molar-refractivity contribution in [3.05, 3.63) is 29.8 Å². The molecule has 0 atom stereocenters. The Morgan fingerprint density at radius 2 is 1.63 bits per heavy atom. The van der Waals surface area contributed by atoms with Gasteiger partial charge in [0, 0.05) is 38.5 Å². The summed E-state index contributed by atoms with van der Waals surface area (Å²) in [7, 11) is 0. The summed E-state index contributed by atoms with van der Waals surface area (Å²) in [4.78, 5) is 26.8. The van der Waals surface area contributed by atoms with Crippen molar-refractivity contribution in [1.29, 1.82) is 0 Å². The molecule has 0 aromatic heterocycles. The maximum atomic E-state index is 12.7. The van der Waals surface area contributed by atoms with Crippen molar-refractivity contribution >= 4 is 29.9 Å². The second-order valence-corrected chi connectivity index (χ2v) is 6.92. The highest BCUT2D eigenvalue weighted by atomic mass is 35.5. The minimum atomic E-state index is -0.552. The summed E-state index contributed by atoms with van der Waals surface area (Å²) in [5, 5.41) is 2.96. The van der Waals surface area contributed by atoms with E-state index in [9.17, 15) is 9.59 Å². The van der Waals surface area contributed by atoms with E-state index in [4.69, 9.17) is 15.2 Å². The van der Waals surface area contributed by atoms with Crippen LogP contribution in [0, 0.1) is 5.41 Å². The molecule has 3 N–H and O–H groups in total. The molecule has 0 bridgehead atoms. The van der Waals surface area contributed by atoms with Crippen molar-refractivity contribution in [2.24, 2.45) is 11.1 Å². The quantitative estimate of drug-likeness (QED) is 0.778. The first-order chi connectivity index (χ1) is 12.6. The molecule has 2 heterocycles. The van der Waals surface area contributed by atoms with E-state index in [2.05, 4.69) is 5.32 Å². The Hall–Kier alpha value is -1.67. The molecular weight excluding hydrogens is 370 g/mol. The van der Waals surface area contributed by atoms with Crippen LogP contribution in [0.25, 0.3) is 0 Å². The van der Waals surface area contributed by atoms with E-state index in [1.807, 2.05) is 29.2 Å². The standard InChI is InChI=1S/C19H27N3O4.ClH/c20-14-19(5-9-25-10-6-19)18(24)21-16-3-1-15(2-4-16)13-17(23)22-7-11-26-12-8-22;/h1-4H,5-14,20H2,(H,21,24);1H. The molecule has 7 nitrogen and oxygen atoms in total. The number of halogens is 1. The van der Waals surface area contributed by atoms with Gasteiger partial charge in [0.2, 0.25) is 11.8 Å². The normalized spacial score (nSPS) is 19.1. The van der Waals surface area contributed by atoms with Gasteiger partial charge in [-0.25, -0.2) is 0 Å². The maximum Gasteiger partial charge on any atom is 0.232 e. The fourth-order valence-corrected chi connectivity index (χ4v) is 3.35. The Bertz CT molecular complexity index is 626. The third-order valence-electron chi connectivity index (χ3n) is 5.25. The molecular formula is C19H28ClN3O4.